The molecular formula is C21H23FN6. The minimum atomic E-state index is -0.218. The lowest BCUT2D eigenvalue weighted by Gasteiger charge is -2.11. The largest absolute Gasteiger partial charge is 0.361 e. The minimum Gasteiger partial charge on any atom is -0.361 e. The van der Waals surface area contributed by atoms with Crippen LogP contribution in [0.1, 0.15) is 11.4 Å². The smallest absolute Gasteiger partial charge is 0.191 e. The number of fused-ring (bicyclic) bond motifs is 2. The Balaban J connectivity index is 1.27. The summed E-state index contributed by atoms with van der Waals surface area (Å²) in [4.78, 5) is 15.3. The highest BCUT2D eigenvalue weighted by molar-refractivity contribution is 5.83. The second-order valence-electron chi connectivity index (χ2n) is 6.63. The third-order valence-electron chi connectivity index (χ3n) is 4.73. The molecule has 0 fully saturated rings. The topological polar surface area (TPSA) is 80.9 Å². The van der Waals surface area contributed by atoms with Crippen molar-refractivity contribution in [3.05, 3.63) is 65.9 Å². The highest BCUT2D eigenvalue weighted by atomic mass is 19.1. The summed E-state index contributed by atoms with van der Waals surface area (Å²) in [5.41, 5.74) is 4.06. The maximum absolute atomic E-state index is 13.5. The van der Waals surface area contributed by atoms with E-state index in [1.165, 1.54) is 6.07 Å². The van der Waals surface area contributed by atoms with Crippen molar-refractivity contribution in [1.29, 1.82) is 0 Å². The van der Waals surface area contributed by atoms with Crippen LogP contribution in [0.2, 0.25) is 0 Å². The SMILES string of the molecule is CN=C(NCCc1nc2ccccc2[nH]1)NCCc1c[nH]c2ccc(F)cc12. The molecule has 0 aliphatic carbocycles. The van der Waals surface area contributed by atoms with Crippen LogP contribution in [0, 0.1) is 5.82 Å². The van der Waals surface area contributed by atoms with Crippen LogP contribution in [0.15, 0.2) is 53.7 Å². The van der Waals surface area contributed by atoms with Gasteiger partial charge in [-0.25, -0.2) is 9.37 Å². The van der Waals surface area contributed by atoms with Gasteiger partial charge >= 0.3 is 0 Å². The standard InChI is InChI=1S/C21H23FN6/c1-23-21(25-11-9-20-27-18-4-2-3-5-19(18)28-20)24-10-8-14-13-26-17-7-6-15(22)12-16(14)17/h2-7,12-13,26H,8-11H2,1H3,(H,27,28)(H2,23,24,25). The summed E-state index contributed by atoms with van der Waals surface area (Å²) in [5, 5.41) is 7.53. The van der Waals surface area contributed by atoms with Gasteiger partial charge in [0.2, 0.25) is 0 Å². The number of guanidine groups is 1. The van der Waals surface area contributed by atoms with Gasteiger partial charge in [0, 0.05) is 43.7 Å². The molecule has 4 rings (SSSR count). The molecule has 0 saturated carbocycles. The van der Waals surface area contributed by atoms with Crippen LogP contribution >= 0.6 is 0 Å². The maximum atomic E-state index is 13.5. The number of hydrogen-bond acceptors (Lipinski definition) is 2. The van der Waals surface area contributed by atoms with Crippen molar-refractivity contribution in [1.82, 2.24) is 25.6 Å². The summed E-state index contributed by atoms with van der Waals surface area (Å²) in [6.07, 6.45) is 3.48. The van der Waals surface area contributed by atoms with Crippen molar-refractivity contribution >= 4 is 27.9 Å². The number of H-pyrrole nitrogens is 2. The Kier molecular flexibility index (Phi) is 5.23. The van der Waals surface area contributed by atoms with E-state index in [9.17, 15) is 4.39 Å². The maximum Gasteiger partial charge on any atom is 0.191 e. The molecule has 0 aliphatic rings. The van der Waals surface area contributed by atoms with Crippen molar-refractivity contribution in [3.8, 4) is 0 Å². The van der Waals surface area contributed by atoms with E-state index >= 15 is 0 Å². The monoisotopic (exact) mass is 378 g/mol. The number of benzene rings is 2. The zero-order valence-electron chi connectivity index (χ0n) is 15.7. The Bertz CT molecular complexity index is 1080. The molecule has 28 heavy (non-hydrogen) atoms. The fourth-order valence-electron chi connectivity index (χ4n) is 3.32. The average Bonchev–Trinajstić information content (AvgIpc) is 3.30. The van der Waals surface area contributed by atoms with Crippen LogP contribution in [0.25, 0.3) is 21.9 Å². The summed E-state index contributed by atoms with van der Waals surface area (Å²) >= 11 is 0. The van der Waals surface area contributed by atoms with Gasteiger partial charge in [0.1, 0.15) is 11.6 Å². The lowest BCUT2D eigenvalue weighted by atomic mass is 10.1. The van der Waals surface area contributed by atoms with Crippen LogP contribution in [-0.2, 0) is 12.8 Å². The van der Waals surface area contributed by atoms with Crippen molar-refractivity contribution in [2.24, 2.45) is 4.99 Å². The molecular weight excluding hydrogens is 355 g/mol. The van der Waals surface area contributed by atoms with E-state index in [0.29, 0.717) is 6.54 Å². The molecule has 6 nitrogen and oxygen atoms in total. The molecule has 0 aliphatic heterocycles. The van der Waals surface area contributed by atoms with E-state index in [1.807, 2.05) is 30.5 Å². The summed E-state index contributed by atoms with van der Waals surface area (Å²) in [7, 11) is 1.75. The van der Waals surface area contributed by atoms with Crippen molar-refractivity contribution < 1.29 is 4.39 Å². The van der Waals surface area contributed by atoms with Gasteiger partial charge in [-0.05, 0) is 42.3 Å². The molecule has 7 heteroatoms. The number of nitrogens with zero attached hydrogens (tertiary/aromatic N) is 2. The summed E-state index contributed by atoms with van der Waals surface area (Å²) < 4.78 is 13.5. The van der Waals surface area contributed by atoms with Gasteiger partial charge in [0.25, 0.3) is 0 Å². The van der Waals surface area contributed by atoms with Crippen molar-refractivity contribution in [3.63, 3.8) is 0 Å². The molecule has 0 bridgehead atoms. The van der Waals surface area contributed by atoms with Crippen molar-refractivity contribution in [2.75, 3.05) is 20.1 Å². The molecule has 144 valence electrons. The first-order chi connectivity index (χ1) is 13.7. The number of rotatable bonds is 6. The van der Waals surface area contributed by atoms with Crippen LogP contribution < -0.4 is 10.6 Å². The van der Waals surface area contributed by atoms with Gasteiger partial charge in [-0.1, -0.05) is 12.1 Å². The molecule has 0 unspecified atom stereocenters. The second kappa shape index (κ2) is 8.12. The zero-order valence-corrected chi connectivity index (χ0v) is 15.7. The number of aromatic amines is 2. The van der Waals surface area contributed by atoms with Crippen LogP contribution in [-0.4, -0.2) is 41.0 Å². The predicted octanol–water partition coefficient (Wildman–Crippen LogP) is 3.13. The first-order valence-corrected chi connectivity index (χ1v) is 9.36. The number of imidazole rings is 1. The molecule has 4 N–H and O–H groups in total. The number of aromatic nitrogens is 3. The Morgan fingerprint density at radius 3 is 2.71 bits per heavy atom. The molecule has 2 heterocycles. The number of nitrogens with one attached hydrogen (secondary N) is 4. The normalized spacial score (nSPS) is 12.0. The van der Waals surface area contributed by atoms with Gasteiger partial charge in [-0.2, -0.15) is 0 Å². The summed E-state index contributed by atoms with van der Waals surface area (Å²) in [5.74, 6) is 1.47. The Labute approximate surface area is 162 Å². The van der Waals surface area contributed by atoms with E-state index in [1.54, 1.807) is 19.2 Å². The lowest BCUT2D eigenvalue weighted by Crippen LogP contribution is -2.39. The minimum absolute atomic E-state index is 0.218. The Morgan fingerprint density at radius 1 is 1.07 bits per heavy atom. The molecule has 2 aromatic heterocycles. The molecule has 0 spiro atoms. The van der Waals surface area contributed by atoms with Gasteiger partial charge in [0.15, 0.2) is 5.96 Å². The molecule has 0 saturated heterocycles. The number of hydrogen-bond donors (Lipinski definition) is 4. The number of aliphatic imine (C=N–C) groups is 1. The van der Waals surface area contributed by atoms with E-state index in [0.717, 1.165) is 58.7 Å². The lowest BCUT2D eigenvalue weighted by molar-refractivity contribution is 0.629. The average molecular weight is 378 g/mol. The van der Waals surface area contributed by atoms with E-state index in [4.69, 9.17) is 0 Å². The third-order valence-corrected chi connectivity index (χ3v) is 4.73. The van der Waals surface area contributed by atoms with E-state index in [2.05, 4.69) is 30.6 Å². The van der Waals surface area contributed by atoms with E-state index < -0.39 is 0 Å². The van der Waals surface area contributed by atoms with Crippen LogP contribution in [0.5, 0.6) is 0 Å². The molecule has 2 aromatic carbocycles. The fourth-order valence-corrected chi connectivity index (χ4v) is 3.32. The van der Waals surface area contributed by atoms with Gasteiger partial charge in [0.05, 0.1) is 11.0 Å². The molecule has 0 radical (unpaired) electrons. The Morgan fingerprint density at radius 2 is 1.89 bits per heavy atom. The van der Waals surface area contributed by atoms with Gasteiger partial charge in [-0.15, -0.1) is 0 Å². The summed E-state index contributed by atoms with van der Waals surface area (Å²) in [6.45, 7) is 1.42. The third kappa shape index (κ3) is 3.98. The molecule has 4 aromatic rings. The van der Waals surface area contributed by atoms with Crippen LogP contribution in [0.3, 0.4) is 0 Å². The van der Waals surface area contributed by atoms with Crippen LogP contribution in [0.4, 0.5) is 4.39 Å². The van der Waals surface area contributed by atoms with Gasteiger partial charge in [-0.3, -0.25) is 4.99 Å². The zero-order chi connectivity index (χ0) is 19.3. The van der Waals surface area contributed by atoms with E-state index in [-0.39, 0.29) is 5.82 Å². The fraction of sp³-hybridized carbons (Fsp3) is 0.238. The highest BCUT2D eigenvalue weighted by Gasteiger charge is 2.06. The Hall–Kier alpha value is -3.35. The second-order valence-corrected chi connectivity index (χ2v) is 6.63. The summed E-state index contributed by atoms with van der Waals surface area (Å²) in [6, 6.07) is 12.8. The first kappa shape index (κ1) is 18.0. The molecule has 0 atom stereocenters. The number of para-hydroxylation sites is 2. The highest BCUT2D eigenvalue weighted by Crippen LogP contribution is 2.19. The van der Waals surface area contributed by atoms with Crippen molar-refractivity contribution in [2.45, 2.75) is 12.8 Å². The van der Waals surface area contributed by atoms with Gasteiger partial charge < -0.3 is 20.6 Å². The quantitative estimate of drug-likeness (QED) is 0.307. The first-order valence-electron chi connectivity index (χ1n) is 9.36. The number of halogens is 1. The molecule has 0 amide bonds. The predicted molar refractivity (Wildman–Crippen MR) is 111 cm³/mol.